The van der Waals surface area contributed by atoms with Gasteiger partial charge in [-0.15, -0.1) is 13.2 Å². The van der Waals surface area contributed by atoms with Crippen molar-refractivity contribution in [1.29, 1.82) is 0 Å². The maximum Gasteiger partial charge on any atom is 0.573 e. The first-order chi connectivity index (χ1) is 11.8. The van der Waals surface area contributed by atoms with Gasteiger partial charge in [-0.2, -0.15) is 0 Å². The van der Waals surface area contributed by atoms with Crippen LogP contribution in [0.2, 0.25) is 0 Å². The summed E-state index contributed by atoms with van der Waals surface area (Å²) in [6.45, 7) is 3.63. The van der Waals surface area contributed by atoms with E-state index >= 15 is 0 Å². The molecule has 0 radical (unpaired) electrons. The lowest BCUT2D eigenvalue weighted by atomic mass is 9.89. The van der Waals surface area contributed by atoms with E-state index in [-0.39, 0.29) is 11.3 Å². The highest BCUT2D eigenvalue weighted by molar-refractivity contribution is 5.66. The molecule has 0 amide bonds. The Labute approximate surface area is 144 Å². The van der Waals surface area contributed by atoms with Crippen molar-refractivity contribution in [2.45, 2.75) is 18.8 Å². The topological polar surface area (TPSA) is 36.5 Å². The number of rotatable bonds is 3. The molecular weight excluding hydrogens is 331 g/mol. The molecule has 4 nitrogen and oxygen atoms in total. The van der Waals surface area contributed by atoms with Crippen molar-refractivity contribution in [3.63, 3.8) is 0 Å². The molecule has 0 bridgehead atoms. The van der Waals surface area contributed by atoms with E-state index in [1.165, 1.54) is 12.1 Å². The first-order valence-electron chi connectivity index (χ1n) is 7.90. The molecule has 1 atom stereocenters. The average molecular weight is 351 g/mol. The maximum absolute atomic E-state index is 12.4. The summed E-state index contributed by atoms with van der Waals surface area (Å²) in [5.74, 6) is -0.223. The molecule has 0 saturated carbocycles. The van der Waals surface area contributed by atoms with Crippen molar-refractivity contribution in [3.05, 3.63) is 54.1 Å². The molecule has 1 fully saturated rings. The Morgan fingerprint density at radius 2 is 1.76 bits per heavy atom. The van der Waals surface area contributed by atoms with Gasteiger partial charge in [0, 0.05) is 6.54 Å². The number of halogens is 3. The predicted molar refractivity (Wildman–Crippen MR) is 89.7 cm³/mol. The van der Waals surface area contributed by atoms with E-state index in [0.29, 0.717) is 5.56 Å². The number of hydrogen-bond donors (Lipinski definition) is 2. The van der Waals surface area contributed by atoms with Crippen LogP contribution in [-0.2, 0) is 5.54 Å². The van der Waals surface area contributed by atoms with Crippen LogP contribution in [0.5, 0.6) is 5.75 Å². The summed E-state index contributed by atoms with van der Waals surface area (Å²) < 4.78 is 41.3. The van der Waals surface area contributed by atoms with Crippen LogP contribution in [0.25, 0.3) is 11.1 Å². The molecule has 7 heteroatoms. The summed E-state index contributed by atoms with van der Waals surface area (Å²) in [7, 11) is 2.02. The van der Waals surface area contributed by atoms with Gasteiger partial charge in [0.15, 0.2) is 0 Å². The molecule has 134 valence electrons. The minimum absolute atomic E-state index is 0.223. The monoisotopic (exact) mass is 351 g/mol. The van der Waals surface area contributed by atoms with Crippen LogP contribution in [0, 0.1) is 0 Å². The van der Waals surface area contributed by atoms with Crippen molar-refractivity contribution < 1.29 is 17.9 Å². The Morgan fingerprint density at radius 3 is 2.44 bits per heavy atom. The van der Waals surface area contributed by atoms with Gasteiger partial charge in [0.05, 0.1) is 12.2 Å². The molecule has 25 heavy (non-hydrogen) atoms. The second kappa shape index (κ2) is 6.67. The van der Waals surface area contributed by atoms with E-state index in [4.69, 9.17) is 0 Å². The van der Waals surface area contributed by atoms with Crippen molar-refractivity contribution in [2.75, 3.05) is 20.3 Å². The third-order valence-corrected chi connectivity index (χ3v) is 4.20. The second-order valence-corrected chi connectivity index (χ2v) is 6.46. The van der Waals surface area contributed by atoms with Gasteiger partial charge in [-0.3, -0.25) is 4.90 Å². The quantitative estimate of drug-likeness (QED) is 0.888. The first kappa shape index (κ1) is 17.7. The van der Waals surface area contributed by atoms with Crippen molar-refractivity contribution in [2.24, 2.45) is 0 Å². The largest absolute Gasteiger partial charge is 0.573 e. The van der Waals surface area contributed by atoms with E-state index in [9.17, 15) is 13.2 Å². The van der Waals surface area contributed by atoms with Crippen LogP contribution in [0.15, 0.2) is 48.5 Å². The highest BCUT2D eigenvalue weighted by Crippen LogP contribution is 2.31. The fourth-order valence-corrected chi connectivity index (χ4v) is 3.08. The standard InChI is InChI=1S/C18H20F3N3O/c1-17(11-24(2)12-22-23-17)15-7-3-5-13(9-15)14-6-4-8-16(10-14)25-18(19,20)21/h3-10,22-23H,11-12H2,1-2H3. The molecule has 2 N–H and O–H groups in total. The number of alkyl halides is 3. The number of likely N-dealkylation sites (N-methyl/N-ethyl adjacent to an activating group) is 1. The van der Waals surface area contributed by atoms with Gasteiger partial charge in [0.2, 0.25) is 0 Å². The number of nitrogens with one attached hydrogen (secondary N) is 2. The lowest BCUT2D eigenvalue weighted by Gasteiger charge is -2.40. The summed E-state index contributed by atoms with van der Waals surface area (Å²) in [4.78, 5) is 2.15. The van der Waals surface area contributed by atoms with Gasteiger partial charge < -0.3 is 4.74 Å². The van der Waals surface area contributed by atoms with Gasteiger partial charge in [0.25, 0.3) is 0 Å². The Hall–Kier alpha value is -2.09. The predicted octanol–water partition coefficient (Wildman–Crippen LogP) is 3.46. The summed E-state index contributed by atoms with van der Waals surface area (Å²) in [5.41, 5.74) is 8.70. The summed E-state index contributed by atoms with van der Waals surface area (Å²) in [6, 6.07) is 13.8. The zero-order valence-corrected chi connectivity index (χ0v) is 14.0. The third kappa shape index (κ3) is 4.31. The lowest BCUT2D eigenvalue weighted by Crippen LogP contribution is -2.61. The zero-order chi connectivity index (χ0) is 18.1. The SMILES string of the molecule is CN1CNNC(C)(c2cccc(-c3cccc(OC(F)(F)F)c3)c2)C1. The van der Waals surface area contributed by atoms with E-state index in [0.717, 1.165) is 24.3 Å². The number of hydrazine groups is 1. The van der Waals surface area contributed by atoms with E-state index < -0.39 is 6.36 Å². The Kier molecular flexibility index (Phi) is 4.73. The molecule has 0 aliphatic carbocycles. The van der Waals surface area contributed by atoms with Crippen LogP contribution in [0.1, 0.15) is 12.5 Å². The first-order valence-corrected chi connectivity index (χ1v) is 7.90. The van der Waals surface area contributed by atoms with E-state index in [2.05, 4.69) is 27.4 Å². The highest BCUT2D eigenvalue weighted by atomic mass is 19.4. The lowest BCUT2D eigenvalue weighted by molar-refractivity contribution is -0.274. The molecule has 0 aromatic heterocycles. The molecule has 3 rings (SSSR count). The summed E-state index contributed by atoms with van der Waals surface area (Å²) in [5, 5.41) is 0. The number of benzene rings is 2. The number of nitrogens with zero attached hydrogens (tertiary/aromatic N) is 1. The highest BCUT2D eigenvalue weighted by Gasteiger charge is 2.32. The van der Waals surface area contributed by atoms with Crippen LogP contribution in [0.4, 0.5) is 13.2 Å². The molecule has 1 heterocycles. The van der Waals surface area contributed by atoms with Crippen molar-refractivity contribution in [1.82, 2.24) is 15.8 Å². The van der Waals surface area contributed by atoms with Gasteiger partial charge in [0.1, 0.15) is 5.75 Å². The zero-order valence-electron chi connectivity index (χ0n) is 14.0. The van der Waals surface area contributed by atoms with Crippen LogP contribution < -0.4 is 15.6 Å². The van der Waals surface area contributed by atoms with Gasteiger partial charge in [-0.25, -0.2) is 10.9 Å². The number of ether oxygens (including phenoxy) is 1. The fourth-order valence-electron chi connectivity index (χ4n) is 3.08. The maximum atomic E-state index is 12.4. The van der Waals surface area contributed by atoms with Crippen molar-refractivity contribution >= 4 is 0 Å². The smallest absolute Gasteiger partial charge is 0.406 e. The van der Waals surface area contributed by atoms with Gasteiger partial charge in [-0.05, 0) is 48.9 Å². The molecule has 0 spiro atoms. The van der Waals surface area contributed by atoms with Crippen molar-refractivity contribution in [3.8, 4) is 16.9 Å². The summed E-state index contributed by atoms with van der Waals surface area (Å²) in [6.07, 6.45) is -4.70. The van der Waals surface area contributed by atoms with Gasteiger partial charge >= 0.3 is 6.36 Å². The normalized spacial score (nSPS) is 22.0. The summed E-state index contributed by atoms with van der Waals surface area (Å²) >= 11 is 0. The average Bonchev–Trinajstić information content (AvgIpc) is 2.53. The van der Waals surface area contributed by atoms with Crippen LogP contribution in [0.3, 0.4) is 0 Å². The minimum Gasteiger partial charge on any atom is -0.406 e. The van der Waals surface area contributed by atoms with Crippen LogP contribution >= 0.6 is 0 Å². The number of hydrogen-bond acceptors (Lipinski definition) is 4. The fraction of sp³-hybridized carbons (Fsp3) is 0.333. The minimum atomic E-state index is -4.70. The second-order valence-electron chi connectivity index (χ2n) is 6.46. The molecule has 2 aromatic rings. The molecule has 1 aliphatic heterocycles. The molecule has 2 aromatic carbocycles. The third-order valence-electron chi connectivity index (χ3n) is 4.20. The molecule has 1 aliphatic rings. The molecule has 1 saturated heterocycles. The Morgan fingerprint density at radius 1 is 1.08 bits per heavy atom. The molecule has 1 unspecified atom stereocenters. The van der Waals surface area contributed by atoms with Gasteiger partial charge in [-0.1, -0.05) is 30.3 Å². The Balaban J connectivity index is 1.90. The Bertz CT molecular complexity index is 750. The van der Waals surface area contributed by atoms with E-state index in [1.807, 2.05) is 31.3 Å². The van der Waals surface area contributed by atoms with Crippen LogP contribution in [-0.4, -0.2) is 31.5 Å². The molecular formula is C18H20F3N3O. The van der Waals surface area contributed by atoms with E-state index in [1.54, 1.807) is 12.1 Å².